The molecule has 16 heavy (non-hydrogen) atoms. The predicted molar refractivity (Wildman–Crippen MR) is 54.3 cm³/mol. The number of rotatable bonds is 4. The minimum absolute atomic E-state index is 0.0246. The SMILES string of the molecule is CONCc1cc(C(C)(C)F)cc(F)c1F. The predicted octanol–water partition coefficient (Wildman–Crippen LogP) is 2.82. The molecule has 1 aromatic rings. The number of alkyl halides is 1. The topological polar surface area (TPSA) is 21.3 Å². The Morgan fingerprint density at radius 1 is 1.31 bits per heavy atom. The first-order valence-corrected chi connectivity index (χ1v) is 4.79. The lowest BCUT2D eigenvalue weighted by atomic mass is 9.97. The fourth-order valence-corrected chi connectivity index (χ4v) is 1.27. The summed E-state index contributed by atoms with van der Waals surface area (Å²) < 4.78 is 40.1. The molecule has 90 valence electrons. The van der Waals surface area contributed by atoms with Gasteiger partial charge in [-0.3, -0.25) is 0 Å². The summed E-state index contributed by atoms with van der Waals surface area (Å²) in [5.41, 5.74) is 0.797. The molecule has 0 amide bonds. The van der Waals surface area contributed by atoms with Crippen LogP contribution in [0.3, 0.4) is 0 Å². The molecular formula is C11H14F3NO. The lowest BCUT2D eigenvalue weighted by Crippen LogP contribution is -2.16. The molecule has 0 aliphatic heterocycles. The van der Waals surface area contributed by atoms with Crippen molar-refractivity contribution >= 4 is 0 Å². The van der Waals surface area contributed by atoms with Gasteiger partial charge in [-0.1, -0.05) is 0 Å². The lowest BCUT2D eigenvalue weighted by Gasteiger charge is -2.16. The van der Waals surface area contributed by atoms with Gasteiger partial charge in [-0.15, -0.1) is 0 Å². The Hall–Kier alpha value is -1.07. The second-order valence-corrected chi connectivity index (χ2v) is 3.93. The van der Waals surface area contributed by atoms with Gasteiger partial charge in [0.1, 0.15) is 5.67 Å². The molecule has 0 spiro atoms. The van der Waals surface area contributed by atoms with E-state index >= 15 is 0 Å². The molecule has 1 N–H and O–H groups in total. The summed E-state index contributed by atoms with van der Waals surface area (Å²) in [5.74, 6) is -2.05. The van der Waals surface area contributed by atoms with Crippen LogP contribution >= 0.6 is 0 Å². The largest absolute Gasteiger partial charge is 0.305 e. The van der Waals surface area contributed by atoms with E-state index in [4.69, 9.17) is 0 Å². The average Bonchev–Trinajstić information content (AvgIpc) is 2.18. The summed E-state index contributed by atoms with van der Waals surface area (Å²) in [6, 6.07) is 2.15. The van der Waals surface area contributed by atoms with Crippen LogP contribution in [0.2, 0.25) is 0 Å². The highest BCUT2D eigenvalue weighted by molar-refractivity contribution is 5.29. The molecule has 0 radical (unpaired) electrons. The van der Waals surface area contributed by atoms with Crippen molar-refractivity contribution in [3.8, 4) is 0 Å². The van der Waals surface area contributed by atoms with Crippen molar-refractivity contribution in [1.29, 1.82) is 0 Å². The van der Waals surface area contributed by atoms with Gasteiger partial charge in [-0.2, -0.15) is 5.48 Å². The van der Waals surface area contributed by atoms with Crippen molar-refractivity contribution in [2.45, 2.75) is 26.1 Å². The molecule has 0 fully saturated rings. The van der Waals surface area contributed by atoms with E-state index in [1.807, 2.05) is 0 Å². The van der Waals surface area contributed by atoms with E-state index < -0.39 is 17.3 Å². The highest BCUT2D eigenvalue weighted by atomic mass is 19.2. The van der Waals surface area contributed by atoms with Crippen molar-refractivity contribution in [3.63, 3.8) is 0 Å². The van der Waals surface area contributed by atoms with Gasteiger partial charge in [-0.25, -0.2) is 13.2 Å². The lowest BCUT2D eigenvalue weighted by molar-refractivity contribution is 0.0856. The van der Waals surface area contributed by atoms with E-state index in [-0.39, 0.29) is 17.7 Å². The van der Waals surface area contributed by atoms with Gasteiger partial charge in [-0.05, 0) is 31.5 Å². The van der Waals surface area contributed by atoms with E-state index in [1.54, 1.807) is 0 Å². The first-order chi connectivity index (χ1) is 7.36. The van der Waals surface area contributed by atoms with Crippen LogP contribution in [-0.2, 0) is 17.1 Å². The van der Waals surface area contributed by atoms with E-state index in [2.05, 4.69) is 10.3 Å². The molecule has 0 aliphatic rings. The number of hydroxylamine groups is 1. The molecule has 2 nitrogen and oxygen atoms in total. The van der Waals surface area contributed by atoms with Gasteiger partial charge < -0.3 is 4.84 Å². The molecule has 0 atom stereocenters. The molecule has 0 saturated carbocycles. The Balaban J connectivity index is 3.12. The second kappa shape index (κ2) is 4.84. The highest BCUT2D eigenvalue weighted by Gasteiger charge is 2.22. The summed E-state index contributed by atoms with van der Waals surface area (Å²) in [7, 11) is 1.36. The number of hydrogen-bond donors (Lipinski definition) is 1. The highest BCUT2D eigenvalue weighted by Crippen LogP contribution is 2.27. The third-order valence-electron chi connectivity index (χ3n) is 2.20. The monoisotopic (exact) mass is 233 g/mol. The maximum Gasteiger partial charge on any atom is 0.163 e. The zero-order valence-corrected chi connectivity index (χ0v) is 9.40. The Morgan fingerprint density at radius 3 is 2.44 bits per heavy atom. The zero-order chi connectivity index (χ0) is 12.3. The van der Waals surface area contributed by atoms with E-state index in [9.17, 15) is 13.2 Å². The first-order valence-electron chi connectivity index (χ1n) is 4.79. The number of hydrogen-bond acceptors (Lipinski definition) is 2. The van der Waals surface area contributed by atoms with E-state index in [0.29, 0.717) is 0 Å². The molecule has 0 bridgehead atoms. The summed E-state index contributed by atoms with van der Waals surface area (Å²) in [5, 5.41) is 0. The minimum atomic E-state index is -1.71. The van der Waals surface area contributed by atoms with Gasteiger partial charge in [0.15, 0.2) is 11.6 Å². The molecule has 1 aromatic carbocycles. The average molecular weight is 233 g/mol. The van der Waals surface area contributed by atoms with Crippen molar-refractivity contribution in [2.75, 3.05) is 7.11 Å². The Morgan fingerprint density at radius 2 is 1.94 bits per heavy atom. The van der Waals surface area contributed by atoms with Crippen LogP contribution in [0.15, 0.2) is 12.1 Å². The fraction of sp³-hybridized carbons (Fsp3) is 0.455. The van der Waals surface area contributed by atoms with Crippen LogP contribution in [0.4, 0.5) is 13.2 Å². The van der Waals surface area contributed by atoms with Crippen molar-refractivity contribution < 1.29 is 18.0 Å². The first kappa shape index (κ1) is 13.0. The van der Waals surface area contributed by atoms with Gasteiger partial charge in [0.05, 0.1) is 7.11 Å². The quantitative estimate of drug-likeness (QED) is 0.807. The summed E-state index contributed by atoms with van der Waals surface area (Å²) in [4.78, 5) is 4.53. The normalized spacial score (nSPS) is 11.9. The smallest absolute Gasteiger partial charge is 0.163 e. The van der Waals surface area contributed by atoms with Crippen molar-refractivity contribution in [2.24, 2.45) is 0 Å². The van der Waals surface area contributed by atoms with E-state index in [1.165, 1.54) is 27.0 Å². The Kier molecular flexibility index (Phi) is 3.93. The molecule has 0 aliphatic carbocycles. The van der Waals surface area contributed by atoms with Crippen LogP contribution in [0.5, 0.6) is 0 Å². The molecule has 0 heterocycles. The number of benzene rings is 1. The number of nitrogens with one attached hydrogen (secondary N) is 1. The van der Waals surface area contributed by atoms with Crippen LogP contribution in [0.25, 0.3) is 0 Å². The van der Waals surface area contributed by atoms with Crippen LogP contribution in [0, 0.1) is 11.6 Å². The summed E-state index contributed by atoms with van der Waals surface area (Å²) in [6.45, 7) is 2.55. The zero-order valence-electron chi connectivity index (χ0n) is 9.40. The molecule has 0 unspecified atom stereocenters. The second-order valence-electron chi connectivity index (χ2n) is 3.93. The standard InChI is InChI=1S/C11H14F3NO/c1-11(2,14)8-4-7(6-15-16-3)10(13)9(12)5-8/h4-5,15H,6H2,1-3H3. The third-order valence-corrected chi connectivity index (χ3v) is 2.20. The van der Waals surface area contributed by atoms with Gasteiger partial charge in [0.2, 0.25) is 0 Å². The Labute approximate surface area is 92.4 Å². The summed E-state index contributed by atoms with van der Waals surface area (Å²) >= 11 is 0. The molecule has 5 heteroatoms. The molecule has 0 aromatic heterocycles. The Bertz CT molecular complexity index is 374. The van der Waals surface area contributed by atoms with Gasteiger partial charge >= 0.3 is 0 Å². The fourth-order valence-electron chi connectivity index (χ4n) is 1.27. The third kappa shape index (κ3) is 2.96. The van der Waals surface area contributed by atoms with Crippen LogP contribution < -0.4 is 5.48 Å². The molecule has 1 rings (SSSR count). The van der Waals surface area contributed by atoms with Gasteiger partial charge in [0, 0.05) is 12.1 Å². The van der Waals surface area contributed by atoms with Gasteiger partial charge in [0.25, 0.3) is 0 Å². The molecule has 0 saturated heterocycles. The molecular weight excluding hydrogens is 219 g/mol. The minimum Gasteiger partial charge on any atom is -0.305 e. The van der Waals surface area contributed by atoms with Crippen LogP contribution in [0.1, 0.15) is 25.0 Å². The maximum atomic E-state index is 13.6. The van der Waals surface area contributed by atoms with E-state index in [0.717, 1.165) is 6.07 Å². The van der Waals surface area contributed by atoms with Crippen LogP contribution in [-0.4, -0.2) is 7.11 Å². The maximum absolute atomic E-state index is 13.6. The number of halogens is 3. The summed E-state index contributed by atoms with van der Waals surface area (Å²) in [6.07, 6.45) is 0. The van der Waals surface area contributed by atoms with Crippen molar-refractivity contribution in [1.82, 2.24) is 5.48 Å². The van der Waals surface area contributed by atoms with Crippen molar-refractivity contribution in [3.05, 3.63) is 34.9 Å².